The van der Waals surface area contributed by atoms with Crippen LogP contribution in [0.15, 0.2) is 66.9 Å². The molecule has 0 aliphatic carbocycles. The van der Waals surface area contributed by atoms with E-state index >= 15 is 0 Å². The van der Waals surface area contributed by atoms with Gasteiger partial charge in [0, 0.05) is 29.4 Å². The molecule has 0 bridgehead atoms. The van der Waals surface area contributed by atoms with Crippen LogP contribution in [0.1, 0.15) is 35.7 Å². The zero-order valence-electron chi connectivity index (χ0n) is 17.2. The second-order valence-corrected chi connectivity index (χ2v) is 7.53. The van der Waals surface area contributed by atoms with E-state index < -0.39 is 11.9 Å². The summed E-state index contributed by atoms with van der Waals surface area (Å²) in [5.41, 5.74) is 5.32. The van der Waals surface area contributed by atoms with Crippen molar-refractivity contribution >= 4 is 18.2 Å². The molecule has 1 aliphatic rings. The van der Waals surface area contributed by atoms with Crippen LogP contribution in [-0.4, -0.2) is 34.2 Å². The molecule has 0 saturated heterocycles. The molecule has 1 N–H and O–H groups in total. The first-order valence-corrected chi connectivity index (χ1v) is 10.3. The van der Waals surface area contributed by atoms with Crippen molar-refractivity contribution in [3.63, 3.8) is 0 Å². The summed E-state index contributed by atoms with van der Waals surface area (Å²) in [6.45, 7) is 2.28. The van der Waals surface area contributed by atoms with E-state index in [0.29, 0.717) is 24.9 Å². The number of hydrogen-bond acceptors (Lipinski definition) is 4. The van der Waals surface area contributed by atoms with Gasteiger partial charge in [0.15, 0.2) is 0 Å². The van der Waals surface area contributed by atoms with Gasteiger partial charge < -0.3 is 4.90 Å². The second-order valence-electron chi connectivity index (χ2n) is 7.53. The summed E-state index contributed by atoms with van der Waals surface area (Å²) in [4.78, 5) is 42.1. The van der Waals surface area contributed by atoms with Crippen molar-refractivity contribution in [2.45, 2.75) is 32.4 Å². The molecule has 0 fully saturated rings. The van der Waals surface area contributed by atoms with Gasteiger partial charge in [-0.05, 0) is 35.7 Å². The average Bonchev–Trinajstić information content (AvgIpc) is 3.13. The Hall–Kier alpha value is -3.80. The van der Waals surface area contributed by atoms with E-state index in [1.54, 1.807) is 11.0 Å². The fraction of sp³-hybridized carbons (Fsp3) is 0.200. The van der Waals surface area contributed by atoms with Crippen LogP contribution in [0, 0.1) is 0 Å². The summed E-state index contributed by atoms with van der Waals surface area (Å²) in [6.07, 6.45) is 3.42. The quantitative estimate of drug-likeness (QED) is 0.598. The summed E-state index contributed by atoms with van der Waals surface area (Å²) in [5, 5.41) is 2.19. The highest BCUT2D eigenvalue weighted by atomic mass is 16.2. The van der Waals surface area contributed by atoms with Gasteiger partial charge in [0.05, 0.1) is 5.69 Å². The Kier molecular flexibility index (Phi) is 5.89. The number of nitrogens with zero attached hydrogens (tertiary/aromatic N) is 2. The fourth-order valence-electron chi connectivity index (χ4n) is 3.98. The van der Waals surface area contributed by atoms with Crippen molar-refractivity contribution in [2.24, 2.45) is 0 Å². The Bertz CT molecular complexity index is 1110. The number of fused-ring (bicyclic) bond motifs is 1. The Morgan fingerprint density at radius 3 is 2.55 bits per heavy atom. The predicted octanol–water partition coefficient (Wildman–Crippen LogP) is 3.81. The summed E-state index contributed by atoms with van der Waals surface area (Å²) >= 11 is 0. The van der Waals surface area contributed by atoms with E-state index in [2.05, 4.69) is 10.3 Å². The van der Waals surface area contributed by atoms with Gasteiger partial charge in [-0.3, -0.25) is 24.7 Å². The molecule has 0 radical (unpaired) electrons. The second kappa shape index (κ2) is 8.92. The van der Waals surface area contributed by atoms with E-state index in [4.69, 9.17) is 0 Å². The molecule has 1 aromatic heterocycles. The molecular weight excluding hydrogens is 390 g/mol. The zero-order valence-corrected chi connectivity index (χ0v) is 17.2. The number of amides is 3. The van der Waals surface area contributed by atoms with Crippen molar-refractivity contribution in [3.05, 3.63) is 78.0 Å². The van der Waals surface area contributed by atoms with Crippen LogP contribution >= 0.6 is 0 Å². The van der Waals surface area contributed by atoms with Crippen LogP contribution in [0.2, 0.25) is 0 Å². The SMILES string of the molecule is CCCC(C(=O)NC=O)N1Cc2cc(-c3ccc(-c4ccccc4)cn3)ccc2C1=O. The van der Waals surface area contributed by atoms with E-state index in [1.807, 2.05) is 67.7 Å². The van der Waals surface area contributed by atoms with Crippen molar-refractivity contribution in [3.8, 4) is 22.4 Å². The van der Waals surface area contributed by atoms with E-state index in [-0.39, 0.29) is 5.91 Å². The van der Waals surface area contributed by atoms with Crippen molar-refractivity contribution < 1.29 is 14.4 Å². The molecule has 1 aliphatic heterocycles. The van der Waals surface area contributed by atoms with E-state index in [0.717, 1.165) is 34.4 Å². The number of nitrogens with one attached hydrogen (secondary N) is 1. The van der Waals surface area contributed by atoms with Gasteiger partial charge in [-0.2, -0.15) is 0 Å². The van der Waals surface area contributed by atoms with Crippen LogP contribution in [-0.2, 0) is 16.1 Å². The molecule has 0 saturated carbocycles. The van der Waals surface area contributed by atoms with Crippen molar-refractivity contribution in [1.82, 2.24) is 15.2 Å². The third-order valence-corrected chi connectivity index (χ3v) is 5.55. The first-order valence-electron chi connectivity index (χ1n) is 10.3. The summed E-state index contributed by atoms with van der Waals surface area (Å²) in [7, 11) is 0. The lowest BCUT2D eigenvalue weighted by molar-refractivity contribution is -0.129. The zero-order chi connectivity index (χ0) is 21.8. The lowest BCUT2D eigenvalue weighted by atomic mass is 10.0. The van der Waals surface area contributed by atoms with Crippen LogP contribution in [0.5, 0.6) is 0 Å². The highest BCUT2D eigenvalue weighted by molar-refractivity contribution is 6.02. The van der Waals surface area contributed by atoms with Gasteiger partial charge in [-0.1, -0.05) is 55.8 Å². The third-order valence-electron chi connectivity index (χ3n) is 5.55. The van der Waals surface area contributed by atoms with E-state index in [1.165, 1.54) is 0 Å². The minimum absolute atomic E-state index is 0.187. The topological polar surface area (TPSA) is 79.4 Å². The highest BCUT2D eigenvalue weighted by Crippen LogP contribution is 2.30. The number of pyridine rings is 1. The molecular formula is C25H23N3O3. The monoisotopic (exact) mass is 413 g/mol. The molecule has 1 atom stereocenters. The number of imide groups is 1. The van der Waals surface area contributed by atoms with Gasteiger partial charge in [0.25, 0.3) is 5.91 Å². The molecule has 3 amide bonds. The minimum atomic E-state index is -0.665. The molecule has 4 rings (SSSR count). The van der Waals surface area contributed by atoms with Crippen LogP contribution < -0.4 is 5.32 Å². The Labute approximate surface area is 180 Å². The average molecular weight is 413 g/mol. The Morgan fingerprint density at radius 1 is 1.10 bits per heavy atom. The van der Waals surface area contributed by atoms with Crippen LogP contribution in [0.25, 0.3) is 22.4 Å². The van der Waals surface area contributed by atoms with E-state index in [9.17, 15) is 14.4 Å². The number of aromatic nitrogens is 1. The normalized spacial score (nSPS) is 13.6. The van der Waals surface area contributed by atoms with Crippen molar-refractivity contribution in [1.29, 1.82) is 0 Å². The molecule has 2 aromatic carbocycles. The molecule has 2 heterocycles. The maximum Gasteiger partial charge on any atom is 0.255 e. The lowest BCUT2D eigenvalue weighted by Gasteiger charge is -2.25. The summed E-state index contributed by atoms with van der Waals surface area (Å²) in [6, 6.07) is 19.0. The first kappa shape index (κ1) is 20.5. The number of hydrogen-bond donors (Lipinski definition) is 1. The molecule has 0 spiro atoms. The largest absolute Gasteiger partial charge is 0.322 e. The van der Waals surface area contributed by atoms with Gasteiger partial charge in [-0.25, -0.2) is 0 Å². The predicted molar refractivity (Wildman–Crippen MR) is 118 cm³/mol. The number of benzene rings is 2. The number of carbonyl (C=O) groups is 3. The van der Waals surface area contributed by atoms with Gasteiger partial charge in [-0.15, -0.1) is 0 Å². The molecule has 31 heavy (non-hydrogen) atoms. The fourth-order valence-corrected chi connectivity index (χ4v) is 3.98. The maximum absolute atomic E-state index is 12.9. The van der Waals surface area contributed by atoms with Gasteiger partial charge in [0.2, 0.25) is 12.3 Å². The molecule has 1 unspecified atom stereocenters. The molecule has 156 valence electrons. The number of rotatable bonds is 7. The molecule has 3 aromatic rings. The third kappa shape index (κ3) is 4.10. The number of carbonyl (C=O) groups excluding carboxylic acids is 3. The Balaban J connectivity index is 1.58. The van der Waals surface area contributed by atoms with Crippen LogP contribution in [0.3, 0.4) is 0 Å². The smallest absolute Gasteiger partial charge is 0.255 e. The lowest BCUT2D eigenvalue weighted by Crippen LogP contribution is -2.46. The minimum Gasteiger partial charge on any atom is -0.322 e. The molecule has 6 heteroatoms. The summed E-state index contributed by atoms with van der Waals surface area (Å²) < 4.78 is 0. The van der Waals surface area contributed by atoms with Gasteiger partial charge in [0.1, 0.15) is 6.04 Å². The maximum atomic E-state index is 12.9. The van der Waals surface area contributed by atoms with Gasteiger partial charge >= 0.3 is 0 Å². The van der Waals surface area contributed by atoms with Crippen molar-refractivity contribution in [2.75, 3.05) is 0 Å². The standard InChI is InChI=1S/C25H23N3O3/c1-2-6-23(24(30)27-16-29)28-15-20-13-18(9-11-21(20)25(28)31)22-12-10-19(14-26-22)17-7-4-3-5-8-17/h3-5,7-14,16,23H,2,6,15H2,1H3,(H,27,29,30). The first-order chi connectivity index (χ1) is 15.1. The Morgan fingerprint density at radius 2 is 1.87 bits per heavy atom. The summed E-state index contributed by atoms with van der Waals surface area (Å²) in [5.74, 6) is -0.634. The molecule has 6 nitrogen and oxygen atoms in total. The van der Waals surface area contributed by atoms with Crippen LogP contribution in [0.4, 0.5) is 0 Å². The highest BCUT2D eigenvalue weighted by Gasteiger charge is 2.35.